The van der Waals surface area contributed by atoms with Crippen LogP contribution >= 0.6 is 23.1 Å². The molecule has 0 radical (unpaired) electrons. The first-order valence-electron chi connectivity index (χ1n) is 9.74. The maximum Gasteiger partial charge on any atom is 0.260 e. The van der Waals surface area contributed by atoms with Crippen LogP contribution in [0.25, 0.3) is 10.2 Å². The van der Waals surface area contributed by atoms with Crippen LogP contribution in [0.5, 0.6) is 0 Å². The maximum atomic E-state index is 12.6. The molecule has 156 valence electrons. The van der Waals surface area contributed by atoms with E-state index in [-0.39, 0.29) is 23.1 Å². The third-order valence-electron chi connectivity index (χ3n) is 4.95. The first kappa shape index (κ1) is 20.6. The Morgan fingerprint density at radius 3 is 2.83 bits per heavy atom. The van der Waals surface area contributed by atoms with Crippen molar-refractivity contribution in [3.63, 3.8) is 0 Å². The zero-order valence-corrected chi connectivity index (χ0v) is 18.3. The number of aromatic amines is 1. The average Bonchev–Trinajstić information content (AvgIpc) is 3.04. The number of aryl methyl sites for hydroxylation is 1. The van der Waals surface area contributed by atoms with Gasteiger partial charge in [-0.3, -0.25) is 14.4 Å². The van der Waals surface area contributed by atoms with E-state index in [1.165, 1.54) is 23.6 Å². The molecular weight excluding hydrogens is 420 g/mol. The molecule has 2 aromatic heterocycles. The lowest BCUT2D eigenvalue weighted by Crippen LogP contribution is -2.16. The summed E-state index contributed by atoms with van der Waals surface area (Å²) >= 11 is 2.79. The molecule has 0 aliphatic heterocycles. The van der Waals surface area contributed by atoms with E-state index in [2.05, 4.69) is 27.5 Å². The molecule has 1 atom stereocenters. The molecule has 0 spiro atoms. The molecule has 0 unspecified atom stereocenters. The number of aromatic nitrogens is 2. The molecule has 2 heterocycles. The van der Waals surface area contributed by atoms with Gasteiger partial charge in [-0.15, -0.1) is 11.3 Å². The Hall–Kier alpha value is -2.65. The Bertz CT molecular complexity index is 1180. The predicted octanol–water partition coefficient (Wildman–Crippen LogP) is 3.80. The average molecular weight is 443 g/mol. The van der Waals surface area contributed by atoms with Gasteiger partial charge in [-0.25, -0.2) is 4.98 Å². The minimum Gasteiger partial charge on any atom is -0.326 e. The van der Waals surface area contributed by atoms with Crippen LogP contribution in [0.15, 0.2) is 34.2 Å². The molecule has 3 N–H and O–H groups in total. The second-order valence-electron chi connectivity index (χ2n) is 7.50. The Morgan fingerprint density at radius 2 is 2.07 bits per heavy atom. The van der Waals surface area contributed by atoms with Crippen molar-refractivity contribution in [1.29, 1.82) is 0 Å². The largest absolute Gasteiger partial charge is 0.326 e. The van der Waals surface area contributed by atoms with E-state index < -0.39 is 0 Å². The second-order valence-corrected chi connectivity index (χ2v) is 9.55. The van der Waals surface area contributed by atoms with Gasteiger partial charge < -0.3 is 15.6 Å². The van der Waals surface area contributed by atoms with Gasteiger partial charge in [0.2, 0.25) is 11.8 Å². The number of thioether (sulfide) groups is 1. The third kappa shape index (κ3) is 4.57. The van der Waals surface area contributed by atoms with Crippen molar-refractivity contribution in [2.24, 2.45) is 5.92 Å². The molecule has 4 rings (SSSR count). The van der Waals surface area contributed by atoms with Crippen molar-refractivity contribution in [2.75, 3.05) is 16.4 Å². The molecule has 7 nitrogen and oxygen atoms in total. The number of benzene rings is 1. The third-order valence-corrected chi connectivity index (χ3v) is 6.97. The Kier molecular flexibility index (Phi) is 5.92. The number of carbonyl (C=O) groups is 2. The lowest BCUT2D eigenvalue weighted by molar-refractivity contribution is -0.114. The van der Waals surface area contributed by atoms with Crippen molar-refractivity contribution in [2.45, 2.75) is 38.3 Å². The zero-order chi connectivity index (χ0) is 21.3. The van der Waals surface area contributed by atoms with Gasteiger partial charge in [0.25, 0.3) is 5.56 Å². The summed E-state index contributed by atoms with van der Waals surface area (Å²) in [6.07, 6.45) is 3.02. The van der Waals surface area contributed by atoms with E-state index in [9.17, 15) is 14.4 Å². The molecule has 30 heavy (non-hydrogen) atoms. The van der Waals surface area contributed by atoms with E-state index in [0.29, 0.717) is 27.8 Å². The Morgan fingerprint density at radius 1 is 1.30 bits per heavy atom. The minimum absolute atomic E-state index is 0.112. The first-order valence-corrected chi connectivity index (χ1v) is 11.5. The molecule has 3 aromatic rings. The summed E-state index contributed by atoms with van der Waals surface area (Å²) in [6.45, 7) is 3.66. The lowest BCUT2D eigenvalue weighted by atomic mass is 9.89. The summed E-state index contributed by atoms with van der Waals surface area (Å²) < 4.78 is 0. The number of amides is 2. The van der Waals surface area contributed by atoms with Crippen molar-refractivity contribution in [3.05, 3.63) is 45.1 Å². The Labute approximate surface area is 181 Å². The predicted molar refractivity (Wildman–Crippen MR) is 122 cm³/mol. The second kappa shape index (κ2) is 8.61. The highest BCUT2D eigenvalue weighted by Crippen LogP contribution is 2.36. The number of thiophene rings is 1. The summed E-state index contributed by atoms with van der Waals surface area (Å²) in [7, 11) is 0. The molecule has 1 aliphatic rings. The Balaban J connectivity index is 1.44. The molecule has 2 amide bonds. The van der Waals surface area contributed by atoms with Crippen LogP contribution in [-0.2, 0) is 22.4 Å². The number of nitrogens with zero attached hydrogens (tertiary/aromatic N) is 1. The molecular formula is C21H22N4O3S2. The van der Waals surface area contributed by atoms with E-state index in [4.69, 9.17) is 0 Å². The molecule has 0 bridgehead atoms. The molecule has 0 saturated carbocycles. The van der Waals surface area contributed by atoms with Crippen LogP contribution in [0.2, 0.25) is 0 Å². The summed E-state index contributed by atoms with van der Waals surface area (Å²) in [5.74, 6) is 0.346. The summed E-state index contributed by atoms with van der Waals surface area (Å²) in [4.78, 5) is 45.6. The van der Waals surface area contributed by atoms with Crippen molar-refractivity contribution < 1.29 is 9.59 Å². The minimum atomic E-state index is -0.220. The number of hydrogen-bond donors (Lipinski definition) is 3. The number of carbonyl (C=O) groups excluding carboxylic acids is 2. The SMILES string of the molecule is CC(=O)Nc1cccc(NC(=O)CSc2nc3sc4c(c3c(=O)[nH]2)CC[C@H](C)C4)c1. The normalized spacial score (nSPS) is 15.6. The van der Waals surface area contributed by atoms with Gasteiger partial charge in [-0.1, -0.05) is 24.8 Å². The quantitative estimate of drug-likeness (QED) is 0.412. The van der Waals surface area contributed by atoms with E-state index in [1.807, 2.05) is 0 Å². The fraction of sp³-hybridized carbons (Fsp3) is 0.333. The fourth-order valence-electron chi connectivity index (χ4n) is 3.61. The van der Waals surface area contributed by atoms with Crippen LogP contribution in [0.4, 0.5) is 11.4 Å². The number of nitrogens with one attached hydrogen (secondary N) is 3. The summed E-state index contributed by atoms with van der Waals surface area (Å²) in [5, 5.41) is 6.63. The van der Waals surface area contributed by atoms with Crippen LogP contribution in [0.3, 0.4) is 0 Å². The smallest absolute Gasteiger partial charge is 0.260 e. The first-order chi connectivity index (χ1) is 14.4. The fourth-order valence-corrected chi connectivity index (χ4v) is 5.71. The number of rotatable bonds is 5. The van der Waals surface area contributed by atoms with Crippen LogP contribution < -0.4 is 16.2 Å². The zero-order valence-electron chi connectivity index (χ0n) is 16.7. The summed E-state index contributed by atoms with van der Waals surface area (Å²) in [5.41, 5.74) is 2.22. The van der Waals surface area contributed by atoms with Crippen LogP contribution in [0.1, 0.15) is 30.7 Å². The van der Waals surface area contributed by atoms with Gasteiger partial charge in [0, 0.05) is 23.2 Å². The van der Waals surface area contributed by atoms with E-state index >= 15 is 0 Å². The highest BCUT2D eigenvalue weighted by Gasteiger charge is 2.23. The van der Waals surface area contributed by atoms with Gasteiger partial charge in [0.05, 0.1) is 11.1 Å². The van der Waals surface area contributed by atoms with Gasteiger partial charge in [0.15, 0.2) is 5.16 Å². The van der Waals surface area contributed by atoms with Crippen molar-refractivity contribution >= 4 is 56.5 Å². The highest BCUT2D eigenvalue weighted by molar-refractivity contribution is 7.99. The maximum absolute atomic E-state index is 12.6. The van der Waals surface area contributed by atoms with Gasteiger partial charge in [-0.05, 0) is 48.9 Å². The van der Waals surface area contributed by atoms with Gasteiger partial charge >= 0.3 is 0 Å². The number of H-pyrrole nitrogens is 1. The molecule has 1 aromatic carbocycles. The topological polar surface area (TPSA) is 104 Å². The van der Waals surface area contributed by atoms with E-state index in [1.54, 1.807) is 35.6 Å². The standard InChI is InChI=1S/C21H22N4O3S2/c1-11-6-7-15-16(8-11)30-20-18(15)19(28)24-21(25-20)29-10-17(27)23-14-5-3-4-13(9-14)22-12(2)26/h3-5,9,11H,6-8,10H2,1-2H3,(H,22,26)(H,23,27)(H,24,25,28)/t11-/m0/s1. The van der Waals surface area contributed by atoms with Crippen LogP contribution in [-0.4, -0.2) is 27.5 Å². The van der Waals surface area contributed by atoms with Gasteiger partial charge in [-0.2, -0.15) is 0 Å². The lowest BCUT2D eigenvalue weighted by Gasteiger charge is -2.17. The highest BCUT2D eigenvalue weighted by atomic mass is 32.2. The summed E-state index contributed by atoms with van der Waals surface area (Å²) in [6, 6.07) is 6.93. The van der Waals surface area contributed by atoms with Gasteiger partial charge in [0.1, 0.15) is 4.83 Å². The van der Waals surface area contributed by atoms with Crippen molar-refractivity contribution in [3.8, 4) is 0 Å². The van der Waals surface area contributed by atoms with Crippen molar-refractivity contribution in [1.82, 2.24) is 9.97 Å². The monoisotopic (exact) mass is 442 g/mol. The molecule has 0 fully saturated rings. The molecule has 0 saturated heterocycles. The molecule has 9 heteroatoms. The molecule has 1 aliphatic carbocycles. The van der Waals surface area contributed by atoms with E-state index in [0.717, 1.165) is 29.7 Å². The van der Waals surface area contributed by atoms with Crippen LogP contribution in [0, 0.1) is 5.92 Å². The number of fused-ring (bicyclic) bond motifs is 3. The number of anilines is 2. The number of hydrogen-bond acceptors (Lipinski definition) is 6.